The third-order valence-corrected chi connectivity index (χ3v) is 4.63. The number of hydrogen-bond donors (Lipinski definition) is 2. The zero-order chi connectivity index (χ0) is 18.4. The average Bonchev–Trinajstić information content (AvgIpc) is 2.92. The first-order valence-electron chi connectivity index (χ1n) is 7.63. The van der Waals surface area contributed by atoms with Gasteiger partial charge in [-0.25, -0.2) is 4.39 Å². The van der Waals surface area contributed by atoms with E-state index < -0.39 is 5.82 Å². The number of aromatic nitrogens is 1. The van der Waals surface area contributed by atoms with Gasteiger partial charge in [0.1, 0.15) is 17.2 Å². The lowest BCUT2D eigenvalue weighted by Crippen LogP contribution is -1.92. The molecule has 2 aromatic carbocycles. The number of benzene rings is 2. The van der Waals surface area contributed by atoms with Gasteiger partial charge < -0.3 is 15.9 Å². The van der Waals surface area contributed by atoms with Crippen molar-refractivity contribution >= 4 is 45.7 Å². The molecule has 0 aliphatic carbocycles. The van der Waals surface area contributed by atoms with Crippen LogP contribution in [-0.4, -0.2) is 4.98 Å². The molecule has 4 nitrogen and oxygen atoms in total. The quantitative estimate of drug-likeness (QED) is 0.457. The molecule has 0 atom stereocenters. The molecule has 2 heterocycles. The number of nitrogens with zero attached hydrogens (tertiary/aromatic N) is 1. The number of fused-ring (bicyclic) bond motifs is 1. The number of pyridine rings is 1. The maximum atomic E-state index is 13.5. The molecule has 0 aliphatic heterocycles. The van der Waals surface area contributed by atoms with Gasteiger partial charge in [0.25, 0.3) is 0 Å². The van der Waals surface area contributed by atoms with Gasteiger partial charge in [0.2, 0.25) is 5.88 Å². The monoisotopic (exact) mass is 387 g/mol. The minimum absolute atomic E-state index is 0.00426. The zero-order valence-electron chi connectivity index (χ0n) is 13.3. The molecule has 0 unspecified atom stereocenters. The van der Waals surface area contributed by atoms with Crippen LogP contribution in [0.15, 0.2) is 53.1 Å². The molecule has 0 radical (unpaired) electrons. The van der Waals surface area contributed by atoms with E-state index in [0.29, 0.717) is 38.5 Å². The minimum Gasteiger partial charge on any atom is -0.436 e. The summed E-state index contributed by atoms with van der Waals surface area (Å²) >= 11 is 12.0. The third kappa shape index (κ3) is 2.66. The normalized spacial score (nSPS) is 11.2. The maximum absolute atomic E-state index is 13.5. The van der Waals surface area contributed by atoms with Crippen LogP contribution in [0.2, 0.25) is 10.0 Å². The van der Waals surface area contributed by atoms with Gasteiger partial charge in [0, 0.05) is 22.3 Å². The van der Waals surface area contributed by atoms with Crippen LogP contribution < -0.4 is 11.5 Å². The fourth-order valence-corrected chi connectivity index (χ4v) is 3.24. The summed E-state index contributed by atoms with van der Waals surface area (Å²) in [6, 6.07) is 11.6. The van der Waals surface area contributed by atoms with Crippen LogP contribution in [0, 0.1) is 5.82 Å². The Morgan fingerprint density at radius 2 is 1.81 bits per heavy atom. The van der Waals surface area contributed by atoms with Crippen molar-refractivity contribution in [1.82, 2.24) is 4.98 Å². The molecule has 4 aromatic rings. The summed E-state index contributed by atoms with van der Waals surface area (Å²) in [6.07, 6.45) is 1.63. The summed E-state index contributed by atoms with van der Waals surface area (Å²) in [7, 11) is 0. The molecule has 0 spiro atoms. The predicted octanol–water partition coefficient (Wildman–Crippen LogP) is 5.77. The van der Waals surface area contributed by atoms with E-state index in [2.05, 4.69) is 4.98 Å². The fraction of sp³-hybridized carbons (Fsp3) is 0. The zero-order valence-corrected chi connectivity index (χ0v) is 14.8. The van der Waals surface area contributed by atoms with E-state index in [-0.39, 0.29) is 10.9 Å². The van der Waals surface area contributed by atoms with Crippen LogP contribution in [0.5, 0.6) is 0 Å². The SMILES string of the molecule is Nc1oc2c(-c3cccc(Cl)c3)ncc(-c3ccc(F)c(Cl)c3)c2c1N. The lowest BCUT2D eigenvalue weighted by Gasteiger charge is -2.08. The Kier molecular flexibility index (Phi) is 3.98. The van der Waals surface area contributed by atoms with Crippen molar-refractivity contribution in [2.24, 2.45) is 0 Å². The highest BCUT2D eigenvalue weighted by molar-refractivity contribution is 6.31. The Hall–Kier alpha value is -2.76. The molecule has 130 valence electrons. The highest BCUT2D eigenvalue weighted by atomic mass is 35.5. The second kappa shape index (κ2) is 6.20. The first kappa shape index (κ1) is 16.7. The van der Waals surface area contributed by atoms with E-state index in [1.54, 1.807) is 24.4 Å². The van der Waals surface area contributed by atoms with Gasteiger partial charge in [-0.15, -0.1) is 0 Å². The van der Waals surface area contributed by atoms with E-state index in [4.69, 9.17) is 39.1 Å². The van der Waals surface area contributed by atoms with Crippen LogP contribution in [0.25, 0.3) is 33.4 Å². The Labute approximate surface area is 158 Å². The van der Waals surface area contributed by atoms with Crippen LogP contribution >= 0.6 is 23.2 Å². The summed E-state index contributed by atoms with van der Waals surface area (Å²) < 4.78 is 19.2. The number of furan rings is 1. The lowest BCUT2D eigenvalue weighted by atomic mass is 10.0. The summed E-state index contributed by atoms with van der Waals surface area (Å²) in [5.41, 5.74) is 15.4. The van der Waals surface area contributed by atoms with Crippen LogP contribution in [-0.2, 0) is 0 Å². The summed E-state index contributed by atoms with van der Waals surface area (Å²) in [5, 5.41) is 1.17. The number of halogens is 3. The topological polar surface area (TPSA) is 78.1 Å². The largest absolute Gasteiger partial charge is 0.436 e. The van der Waals surface area contributed by atoms with E-state index in [1.165, 1.54) is 12.1 Å². The van der Waals surface area contributed by atoms with Gasteiger partial charge >= 0.3 is 0 Å². The molecule has 4 rings (SSSR count). The van der Waals surface area contributed by atoms with Crippen molar-refractivity contribution in [3.8, 4) is 22.4 Å². The third-order valence-electron chi connectivity index (χ3n) is 4.11. The maximum Gasteiger partial charge on any atom is 0.215 e. The van der Waals surface area contributed by atoms with Crippen molar-refractivity contribution in [3.05, 3.63) is 64.5 Å². The van der Waals surface area contributed by atoms with Crippen molar-refractivity contribution < 1.29 is 8.81 Å². The number of anilines is 2. The molecule has 7 heteroatoms. The molecule has 26 heavy (non-hydrogen) atoms. The fourth-order valence-electron chi connectivity index (χ4n) is 2.87. The molecular formula is C19H12Cl2FN3O. The van der Waals surface area contributed by atoms with Crippen LogP contribution in [0.1, 0.15) is 0 Å². The number of hydrogen-bond acceptors (Lipinski definition) is 4. The average molecular weight is 388 g/mol. The first-order chi connectivity index (χ1) is 12.5. The Morgan fingerprint density at radius 3 is 2.54 bits per heavy atom. The van der Waals surface area contributed by atoms with Crippen LogP contribution in [0.4, 0.5) is 16.0 Å². The standard InChI is InChI=1S/C19H12Cl2FN3O/c20-11-3-1-2-10(6-11)17-18-15(16(23)19(24)26-18)12(8-25-17)9-4-5-14(22)13(21)7-9/h1-8H,23-24H2. The number of nitrogen functional groups attached to an aromatic ring is 2. The molecule has 0 amide bonds. The number of rotatable bonds is 2. The van der Waals surface area contributed by atoms with E-state index >= 15 is 0 Å². The summed E-state index contributed by atoms with van der Waals surface area (Å²) in [4.78, 5) is 4.50. The molecule has 0 saturated heterocycles. The van der Waals surface area contributed by atoms with Crippen molar-refractivity contribution in [3.63, 3.8) is 0 Å². The minimum atomic E-state index is -0.505. The van der Waals surface area contributed by atoms with Crippen LogP contribution in [0.3, 0.4) is 0 Å². The second-order valence-electron chi connectivity index (χ2n) is 5.74. The highest BCUT2D eigenvalue weighted by Crippen LogP contribution is 2.42. The van der Waals surface area contributed by atoms with Gasteiger partial charge in [-0.3, -0.25) is 4.98 Å². The van der Waals surface area contributed by atoms with Crippen molar-refractivity contribution in [2.45, 2.75) is 0 Å². The summed E-state index contributed by atoms with van der Waals surface area (Å²) in [5.74, 6) is -0.416. The molecule has 2 aromatic heterocycles. The van der Waals surface area contributed by atoms with Gasteiger partial charge in [-0.05, 0) is 29.8 Å². The van der Waals surface area contributed by atoms with Crippen molar-refractivity contribution in [1.29, 1.82) is 0 Å². The van der Waals surface area contributed by atoms with E-state index in [1.807, 2.05) is 12.1 Å². The van der Waals surface area contributed by atoms with Gasteiger partial charge in [-0.2, -0.15) is 0 Å². The van der Waals surface area contributed by atoms with E-state index in [0.717, 1.165) is 5.56 Å². The molecule has 0 bridgehead atoms. The number of nitrogens with two attached hydrogens (primary N) is 2. The Morgan fingerprint density at radius 1 is 1.00 bits per heavy atom. The second-order valence-corrected chi connectivity index (χ2v) is 6.59. The van der Waals surface area contributed by atoms with Gasteiger partial charge in [0.15, 0.2) is 5.58 Å². The molecule has 0 saturated carbocycles. The Bertz CT molecular complexity index is 1160. The Balaban J connectivity index is 2.03. The predicted molar refractivity (Wildman–Crippen MR) is 104 cm³/mol. The molecule has 0 aliphatic rings. The smallest absolute Gasteiger partial charge is 0.215 e. The van der Waals surface area contributed by atoms with Gasteiger partial charge in [-0.1, -0.05) is 41.4 Å². The molecular weight excluding hydrogens is 376 g/mol. The molecule has 4 N–H and O–H groups in total. The lowest BCUT2D eigenvalue weighted by molar-refractivity contribution is 0.628. The summed E-state index contributed by atoms with van der Waals surface area (Å²) in [6.45, 7) is 0. The van der Waals surface area contributed by atoms with Gasteiger partial charge in [0.05, 0.1) is 10.4 Å². The van der Waals surface area contributed by atoms with Crippen molar-refractivity contribution in [2.75, 3.05) is 11.5 Å². The highest BCUT2D eigenvalue weighted by Gasteiger charge is 2.20. The first-order valence-corrected chi connectivity index (χ1v) is 8.39. The molecule has 0 fully saturated rings. The van der Waals surface area contributed by atoms with E-state index in [9.17, 15) is 4.39 Å².